The second kappa shape index (κ2) is 7.65. The zero-order chi connectivity index (χ0) is 19.2. The number of hydrogen-bond donors (Lipinski definition) is 2. The van der Waals surface area contributed by atoms with Gasteiger partial charge < -0.3 is 16.0 Å². The third-order valence-corrected chi connectivity index (χ3v) is 7.41. The van der Waals surface area contributed by atoms with Gasteiger partial charge in [0.05, 0.1) is 5.54 Å². The average molecular weight is 427 g/mol. The second-order valence-electron chi connectivity index (χ2n) is 8.03. The molecule has 4 rings (SSSR count). The molecular weight excluding hydrogens is 400 g/mol. The van der Waals surface area contributed by atoms with Crippen LogP contribution in [0.4, 0.5) is 0 Å². The summed E-state index contributed by atoms with van der Waals surface area (Å²) in [4.78, 5) is 15.0. The van der Waals surface area contributed by atoms with Gasteiger partial charge in [-0.05, 0) is 50.7 Å². The largest absolute Gasteiger partial charge is 0.355 e. The van der Waals surface area contributed by atoms with Crippen LogP contribution in [-0.4, -0.2) is 50.2 Å². The predicted molar refractivity (Wildman–Crippen MR) is 110 cm³/mol. The highest BCUT2D eigenvalue weighted by Gasteiger charge is 2.43. The third-order valence-electron chi connectivity index (χ3n) is 6.09. The van der Waals surface area contributed by atoms with Crippen molar-refractivity contribution >= 4 is 34.2 Å². The van der Waals surface area contributed by atoms with E-state index in [1.165, 1.54) is 0 Å². The zero-order valence-corrected chi connectivity index (χ0v) is 17.6. The van der Waals surface area contributed by atoms with E-state index in [2.05, 4.69) is 9.71 Å². The third kappa shape index (κ3) is 3.77. The molecule has 1 saturated heterocycles. The zero-order valence-electron chi connectivity index (χ0n) is 15.9. The van der Waals surface area contributed by atoms with E-state index in [4.69, 9.17) is 5.73 Å². The Balaban J connectivity index is 0.00000225. The quantitative estimate of drug-likeness (QED) is 0.759. The number of sulfonamides is 1. The first-order chi connectivity index (χ1) is 12.8. The van der Waals surface area contributed by atoms with Crippen LogP contribution >= 0.6 is 12.4 Å². The van der Waals surface area contributed by atoms with Gasteiger partial charge in [0.1, 0.15) is 4.90 Å². The number of amides is 1. The Morgan fingerprint density at radius 3 is 2.50 bits per heavy atom. The molecule has 2 heterocycles. The number of carbonyl (C=O) groups excluding carboxylic acids is 1. The van der Waals surface area contributed by atoms with Crippen molar-refractivity contribution in [1.82, 2.24) is 10.2 Å². The van der Waals surface area contributed by atoms with Crippen LogP contribution in [0.5, 0.6) is 0 Å². The molecule has 1 unspecified atom stereocenters. The standard InChI is InChI=1S/C19H26N4O3S.ClH/c1-19(12-20,14-6-7-14)21-18(24)13-8-10-23(11-9-13)17-15-4-2-3-5-16(15)27(25,26)22-17;/h2-5,13-14H,6-12,20H2,1H3,(H,21,24);1H. The van der Waals surface area contributed by atoms with Crippen molar-refractivity contribution in [3.63, 3.8) is 0 Å². The molecule has 1 aliphatic carbocycles. The molecule has 0 spiro atoms. The lowest BCUT2D eigenvalue weighted by molar-refractivity contribution is -0.128. The molecule has 28 heavy (non-hydrogen) atoms. The summed E-state index contributed by atoms with van der Waals surface area (Å²) in [6.07, 6.45) is 3.61. The van der Waals surface area contributed by atoms with Gasteiger partial charge in [0.2, 0.25) is 5.91 Å². The van der Waals surface area contributed by atoms with Gasteiger partial charge in [-0.25, -0.2) is 0 Å². The summed E-state index contributed by atoms with van der Waals surface area (Å²) in [5.41, 5.74) is 6.25. The Morgan fingerprint density at radius 1 is 1.25 bits per heavy atom. The van der Waals surface area contributed by atoms with Crippen LogP contribution < -0.4 is 11.1 Å². The first kappa shape index (κ1) is 21.1. The number of benzene rings is 1. The summed E-state index contributed by atoms with van der Waals surface area (Å²) in [6.45, 7) is 3.72. The summed E-state index contributed by atoms with van der Waals surface area (Å²) in [6, 6.07) is 6.91. The Hall–Kier alpha value is -1.64. The lowest BCUT2D eigenvalue weighted by Crippen LogP contribution is -2.55. The fraction of sp³-hybridized carbons (Fsp3) is 0.579. The van der Waals surface area contributed by atoms with Crippen molar-refractivity contribution in [1.29, 1.82) is 0 Å². The SMILES string of the molecule is CC(CN)(NC(=O)C1CCN(C2=NS(=O)(=O)c3ccccc32)CC1)C1CC1.Cl. The van der Waals surface area contributed by atoms with Crippen LogP contribution in [0.3, 0.4) is 0 Å². The molecular formula is C19H27ClN4O3S. The number of amidine groups is 1. The van der Waals surface area contributed by atoms with E-state index < -0.39 is 10.0 Å². The molecule has 0 aromatic heterocycles. The van der Waals surface area contributed by atoms with Gasteiger partial charge >= 0.3 is 0 Å². The monoisotopic (exact) mass is 426 g/mol. The van der Waals surface area contributed by atoms with E-state index in [0.717, 1.165) is 12.8 Å². The minimum Gasteiger partial charge on any atom is -0.355 e. The van der Waals surface area contributed by atoms with Gasteiger partial charge in [-0.15, -0.1) is 16.8 Å². The number of rotatable bonds is 4. The first-order valence-corrected chi connectivity index (χ1v) is 11.0. The molecule has 2 aliphatic heterocycles. The summed E-state index contributed by atoms with van der Waals surface area (Å²) >= 11 is 0. The number of halogens is 1. The molecule has 7 nitrogen and oxygen atoms in total. The summed E-state index contributed by atoms with van der Waals surface area (Å²) in [5, 5.41) is 3.18. The molecule has 1 atom stereocenters. The number of nitrogens with two attached hydrogens (primary N) is 1. The van der Waals surface area contributed by atoms with Crippen molar-refractivity contribution < 1.29 is 13.2 Å². The number of carbonyl (C=O) groups is 1. The smallest absolute Gasteiger partial charge is 0.285 e. The Kier molecular flexibility index (Phi) is 5.76. The summed E-state index contributed by atoms with van der Waals surface area (Å²) in [7, 11) is -3.61. The Bertz CT molecular complexity index is 892. The number of likely N-dealkylation sites (tertiary alicyclic amines) is 1. The van der Waals surface area contributed by atoms with Gasteiger partial charge in [0.15, 0.2) is 5.84 Å². The lowest BCUT2D eigenvalue weighted by Gasteiger charge is -2.36. The van der Waals surface area contributed by atoms with Gasteiger partial charge in [-0.2, -0.15) is 8.42 Å². The highest BCUT2D eigenvalue weighted by Crippen LogP contribution is 2.39. The highest BCUT2D eigenvalue weighted by atomic mass is 35.5. The van der Waals surface area contributed by atoms with E-state index in [9.17, 15) is 13.2 Å². The van der Waals surface area contributed by atoms with E-state index >= 15 is 0 Å². The fourth-order valence-corrected chi connectivity index (χ4v) is 5.32. The number of nitrogens with zero attached hydrogens (tertiary/aromatic N) is 2. The van der Waals surface area contributed by atoms with Gasteiger partial charge in [0, 0.05) is 31.1 Å². The van der Waals surface area contributed by atoms with Crippen LogP contribution in [0.1, 0.15) is 38.2 Å². The van der Waals surface area contributed by atoms with Crippen molar-refractivity contribution in [2.24, 2.45) is 22.0 Å². The average Bonchev–Trinajstić information content (AvgIpc) is 3.48. The topological polar surface area (TPSA) is 105 Å². The molecule has 2 fully saturated rings. The van der Waals surface area contributed by atoms with Crippen LogP contribution in [0.25, 0.3) is 0 Å². The number of piperidine rings is 1. The normalized spacial score (nSPS) is 23.2. The summed E-state index contributed by atoms with van der Waals surface area (Å²) < 4.78 is 28.5. The minimum absolute atomic E-state index is 0. The van der Waals surface area contributed by atoms with E-state index in [0.29, 0.717) is 49.8 Å². The van der Waals surface area contributed by atoms with Crippen molar-refractivity contribution in [3.05, 3.63) is 29.8 Å². The maximum atomic E-state index is 12.7. The minimum atomic E-state index is -3.61. The first-order valence-electron chi connectivity index (χ1n) is 9.55. The molecule has 9 heteroatoms. The van der Waals surface area contributed by atoms with E-state index in [1.54, 1.807) is 18.2 Å². The highest BCUT2D eigenvalue weighted by molar-refractivity contribution is 7.90. The maximum absolute atomic E-state index is 12.7. The van der Waals surface area contributed by atoms with Crippen LogP contribution in [0.2, 0.25) is 0 Å². The van der Waals surface area contributed by atoms with Gasteiger partial charge in [-0.3, -0.25) is 4.79 Å². The predicted octanol–water partition coefficient (Wildman–Crippen LogP) is 1.51. The Labute approximate surface area is 172 Å². The Morgan fingerprint density at radius 2 is 1.89 bits per heavy atom. The van der Waals surface area contributed by atoms with E-state index in [1.807, 2.05) is 17.9 Å². The van der Waals surface area contributed by atoms with E-state index in [-0.39, 0.29) is 34.7 Å². The van der Waals surface area contributed by atoms with Crippen molar-refractivity contribution in [2.75, 3.05) is 19.6 Å². The van der Waals surface area contributed by atoms with Gasteiger partial charge in [0.25, 0.3) is 10.0 Å². The molecule has 1 saturated carbocycles. The molecule has 154 valence electrons. The number of hydrogen-bond acceptors (Lipinski definition) is 5. The molecule has 3 aliphatic rings. The second-order valence-corrected chi connectivity index (χ2v) is 9.61. The molecule has 0 radical (unpaired) electrons. The van der Waals surface area contributed by atoms with Crippen LogP contribution in [0.15, 0.2) is 33.6 Å². The van der Waals surface area contributed by atoms with Gasteiger partial charge in [-0.1, -0.05) is 12.1 Å². The van der Waals surface area contributed by atoms with Crippen molar-refractivity contribution in [2.45, 2.75) is 43.0 Å². The number of nitrogens with one attached hydrogen (secondary N) is 1. The molecule has 1 aromatic rings. The maximum Gasteiger partial charge on any atom is 0.285 e. The lowest BCUT2D eigenvalue weighted by atomic mass is 9.91. The molecule has 0 bridgehead atoms. The fourth-order valence-electron chi connectivity index (χ4n) is 4.09. The molecule has 1 aromatic carbocycles. The molecule has 3 N–H and O–H groups in total. The summed E-state index contributed by atoms with van der Waals surface area (Å²) in [5.74, 6) is 0.992. The molecule has 1 amide bonds. The van der Waals surface area contributed by atoms with Crippen molar-refractivity contribution in [3.8, 4) is 0 Å². The van der Waals surface area contributed by atoms with Crippen LogP contribution in [-0.2, 0) is 14.8 Å². The number of fused-ring (bicyclic) bond motifs is 1. The van der Waals surface area contributed by atoms with Crippen LogP contribution in [0, 0.1) is 11.8 Å².